The molecule has 0 aliphatic heterocycles. The Kier molecular flexibility index (Phi) is 5.32. The minimum Gasteiger partial charge on any atom is -0.464 e. The minimum atomic E-state index is -0.621. The maximum absolute atomic E-state index is 13.7. The van der Waals surface area contributed by atoms with Crippen molar-refractivity contribution in [2.24, 2.45) is 0 Å². The van der Waals surface area contributed by atoms with Crippen LogP contribution in [0, 0.1) is 5.82 Å². The van der Waals surface area contributed by atoms with Gasteiger partial charge in [-0.3, -0.25) is 0 Å². The van der Waals surface area contributed by atoms with Gasteiger partial charge in [-0.15, -0.1) is 0 Å². The molecule has 2 aromatic rings. The number of nitrogens with one attached hydrogen (secondary N) is 1. The standard InChI is InChI=1S/C17H18FNO2/c1-2-21-17(20)16(12-13-8-4-3-5-9-13)19-15-11-7-6-10-14(15)18/h3-11,16,19H,2,12H2,1H3. The molecule has 1 atom stereocenters. The first-order valence-electron chi connectivity index (χ1n) is 6.92. The first-order valence-corrected chi connectivity index (χ1v) is 6.92. The molecule has 21 heavy (non-hydrogen) atoms. The highest BCUT2D eigenvalue weighted by molar-refractivity contribution is 5.79. The lowest BCUT2D eigenvalue weighted by atomic mass is 10.1. The summed E-state index contributed by atoms with van der Waals surface area (Å²) in [7, 11) is 0. The summed E-state index contributed by atoms with van der Waals surface area (Å²) >= 11 is 0. The molecule has 0 aliphatic carbocycles. The number of ether oxygens (including phenoxy) is 1. The fourth-order valence-electron chi connectivity index (χ4n) is 2.05. The van der Waals surface area contributed by atoms with Crippen molar-refractivity contribution < 1.29 is 13.9 Å². The number of hydrogen-bond acceptors (Lipinski definition) is 3. The molecule has 110 valence electrons. The normalized spacial score (nSPS) is 11.7. The van der Waals surface area contributed by atoms with E-state index in [9.17, 15) is 9.18 Å². The molecule has 0 saturated heterocycles. The van der Waals surface area contributed by atoms with E-state index < -0.39 is 6.04 Å². The summed E-state index contributed by atoms with van der Waals surface area (Å²) in [4.78, 5) is 12.1. The Hall–Kier alpha value is -2.36. The Morgan fingerprint density at radius 3 is 2.48 bits per heavy atom. The van der Waals surface area contributed by atoms with E-state index >= 15 is 0 Å². The third kappa shape index (κ3) is 4.31. The second kappa shape index (κ2) is 7.43. The first-order chi connectivity index (χ1) is 10.2. The maximum atomic E-state index is 13.7. The lowest BCUT2D eigenvalue weighted by Crippen LogP contribution is -2.33. The highest BCUT2D eigenvalue weighted by atomic mass is 19.1. The fraction of sp³-hybridized carbons (Fsp3) is 0.235. The van der Waals surface area contributed by atoms with Gasteiger partial charge in [0.15, 0.2) is 0 Å². The average molecular weight is 287 g/mol. The number of anilines is 1. The average Bonchev–Trinajstić information content (AvgIpc) is 2.50. The van der Waals surface area contributed by atoms with Gasteiger partial charge in [0.25, 0.3) is 0 Å². The molecule has 2 aromatic carbocycles. The smallest absolute Gasteiger partial charge is 0.328 e. The summed E-state index contributed by atoms with van der Waals surface area (Å²) in [6, 6.07) is 15.2. The number of benzene rings is 2. The maximum Gasteiger partial charge on any atom is 0.328 e. The lowest BCUT2D eigenvalue weighted by molar-refractivity contribution is -0.144. The van der Waals surface area contributed by atoms with Crippen molar-refractivity contribution >= 4 is 11.7 Å². The van der Waals surface area contributed by atoms with E-state index in [0.717, 1.165) is 5.56 Å². The molecule has 1 N–H and O–H groups in total. The summed E-state index contributed by atoms with van der Waals surface area (Å²) in [5.74, 6) is -0.774. The summed E-state index contributed by atoms with van der Waals surface area (Å²) in [5.41, 5.74) is 1.28. The van der Waals surface area contributed by atoms with E-state index in [1.165, 1.54) is 6.07 Å². The highest BCUT2D eigenvalue weighted by Crippen LogP contribution is 2.16. The first kappa shape index (κ1) is 15.0. The topological polar surface area (TPSA) is 38.3 Å². The van der Waals surface area contributed by atoms with Crippen LogP contribution in [0.3, 0.4) is 0 Å². The predicted molar refractivity (Wildman–Crippen MR) is 80.6 cm³/mol. The van der Waals surface area contributed by atoms with Gasteiger partial charge < -0.3 is 10.1 Å². The zero-order valence-corrected chi connectivity index (χ0v) is 11.9. The monoisotopic (exact) mass is 287 g/mol. The molecule has 4 heteroatoms. The van der Waals surface area contributed by atoms with Gasteiger partial charge in [0.2, 0.25) is 0 Å². The van der Waals surface area contributed by atoms with Crippen LogP contribution in [0.1, 0.15) is 12.5 Å². The number of para-hydroxylation sites is 1. The molecule has 0 heterocycles. The molecular formula is C17H18FNO2. The van der Waals surface area contributed by atoms with E-state index in [1.807, 2.05) is 30.3 Å². The van der Waals surface area contributed by atoms with Gasteiger partial charge in [-0.25, -0.2) is 9.18 Å². The Morgan fingerprint density at radius 2 is 1.81 bits per heavy atom. The molecule has 3 nitrogen and oxygen atoms in total. The van der Waals surface area contributed by atoms with Gasteiger partial charge in [0, 0.05) is 6.42 Å². The number of carbonyl (C=O) groups excluding carboxylic acids is 1. The molecule has 1 unspecified atom stereocenters. The van der Waals surface area contributed by atoms with E-state index in [4.69, 9.17) is 4.74 Å². The van der Waals surface area contributed by atoms with Crippen molar-refractivity contribution in [3.63, 3.8) is 0 Å². The Bertz CT molecular complexity index is 586. The summed E-state index contributed by atoms with van der Waals surface area (Å²) in [5, 5.41) is 2.93. The Balaban J connectivity index is 2.16. The largest absolute Gasteiger partial charge is 0.464 e. The van der Waals surface area contributed by atoms with Gasteiger partial charge in [0.1, 0.15) is 11.9 Å². The summed E-state index contributed by atoms with van der Waals surface area (Å²) in [6.07, 6.45) is 0.438. The van der Waals surface area contributed by atoms with Gasteiger partial charge in [0.05, 0.1) is 12.3 Å². The van der Waals surface area contributed by atoms with Crippen molar-refractivity contribution in [1.29, 1.82) is 0 Å². The molecule has 0 saturated carbocycles. The van der Waals surface area contributed by atoms with Crippen LogP contribution < -0.4 is 5.32 Å². The van der Waals surface area contributed by atoms with Crippen LogP contribution in [0.15, 0.2) is 54.6 Å². The van der Waals surface area contributed by atoms with Crippen LogP contribution in [0.4, 0.5) is 10.1 Å². The molecule has 0 bridgehead atoms. The van der Waals surface area contributed by atoms with E-state index in [0.29, 0.717) is 18.7 Å². The molecule has 2 rings (SSSR count). The molecule has 0 aromatic heterocycles. The predicted octanol–water partition coefficient (Wildman–Crippen LogP) is 3.41. The third-order valence-electron chi connectivity index (χ3n) is 3.06. The van der Waals surface area contributed by atoms with Crippen LogP contribution in [-0.2, 0) is 16.0 Å². The fourth-order valence-corrected chi connectivity index (χ4v) is 2.05. The third-order valence-corrected chi connectivity index (χ3v) is 3.06. The second-order valence-electron chi connectivity index (χ2n) is 4.62. The van der Waals surface area contributed by atoms with Crippen molar-refractivity contribution in [3.05, 3.63) is 66.0 Å². The quantitative estimate of drug-likeness (QED) is 0.827. The lowest BCUT2D eigenvalue weighted by Gasteiger charge is -2.19. The van der Waals surface area contributed by atoms with E-state index in [2.05, 4.69) is 5.32 Å². The summed E-state index contributed by atoms with van der Waals surface area (Å²) < 4.78 is 18.8. The zero-order chi connectivity index (χ0) is 15.1. The van der Waals surface area contributed by atoms with Crippen molar-refractivity contribution in [1.82, 2.24) is 0 Å². The molecule has 0 spiro atoms. The van der Waals surface area contributed by atoms with E-state index in [-0.39, 0.29) is 11.8 Å². The van der Waals surface area contributed by atoms with Crippen LogP contribution in [0.2, 0.25) is 0 Å². The van der Waals surface area contributed by atoms with Crippen molar-refractivity contribution in [2.75, 3.05) is 11.9 Å². The van der Waals surface area contributed by atoms with Crippen LogP contribution in [-0.4, -0.2) is 18.6 Å². The van der Waals surface area contributed by atoms with Gasteiger partial charge in [-0.05, 0) is 24.6 Å². The molecule has 0 aliphatic rings. The van der Waals surface area contributed by atoms with Gasteiger partial charge in [-0.1, -0.05) is 42.5 Å². The second-order valence-corrected chi connectivity index (χ2v) is 4.62. The number of hydrogen-bond donors (Lipinski definition) is 1. The number of carbonyl (C=O) groups is 1. The number of esters is 1. The zero-order valence-electron chi connectivity index (χ0n) is 11.9. The Labute approximate surface area is 123 Å². The molecule has 0 radical (unpaired) electrons. The van der Waals surface area contributed by atoms with Gasteiger partial charge in [-0.2, -0.15) is 0 Å². The molecular weight excluding hydrogens is 269 g/mol. The number of rotatable bonds is 6. The van der Waals surface area contributed by atoms with E-state index in [1.54, 1.807) is 25.1 Å². The summed E-state index contributed by atoms with van der Waals surface area (Å²) in [6.45, 7) is 2.05. The van der Waals surface area contributed by atoms with Gasteiger partial charge >= 0.3 is 5.97 Å². The van der Waals surface area contributed by atoms with Crippen molar-refractivity contribution in [3.8, 4) is 0 Å². The SMILES string of the molecule is CCOC(=O)C(Cc1ccccc1)Nc1ccccc1F. The Morgan fingerprint density at radius 1 is 1.14 bits per heavy atom. The number of halogens is 1. The van der Waals surface area contributed by atoms with Crippen LogP contribution in [0.25, 0.3) is 0 Å². The minimum absolute atomic E-state index is 0.295. The molecule has 0 fully saturated rings. The van der Waals surface area contributed by atoms with Crippen LogP contribution >= 0.6 is 0 Å². The highest BCUT2D eigenvalue weighted by Gasteiger charge is 2.21. The van der Waals surface area contributed by atoms with Crippen LogP contribution in [0.5, 0.6) is 0 Å². The van der Waals surface area contributed by atoms with Crippen molar-refractivity contribution in [2.45, 2.75) is 19.4 Å². The molecule has 0 amide bonds.